The van der Waals surface area contributed by atoms with Gasteiger partial charge in [0, 0.05) is 17.2 Å². The standard InChI is InChI=1S/C23H24N2O/c1-5-18-6-8-19(9-7-18)10-11-22(26)25-21-14-17(4)24-23-16(3)12-15(2)13-20(21)23/h6-14H,5H2,1-4H3,(H,24,25,26)/b11-10+. The van der Waals surface area contributed by atoms with Gasteiger partial charge in [-0.05, 0) is 62.1 Å². The maximum absolute atomic E-state index is 12.4. The molecule has 0 aliphatic carbocycles. The van der Waals surface area contributed by atoms with Crippen molar-refractivity contribution in [2.45, 2.75) is 34.1 Å². The van der Waals surface area contributed by atoms with E-state index in [-0.39, 0.29) is 5.91 Å². The van der Waals surface area contributed by atoms with Crippen molar-refractivity contribution >= 4 is 28.6 Å². The molecule has 0 spiro atoms. The first-order chi connectivity index (χ1) is 12.5. The van der Waals surface area contributed by atoms with Gasteiger partial charge in [0.15, 0.2) is 0 Å². The maximum atomic E-state index is 12.4. The van der Waals surface area contributed by atoms with Gasteiger partial charge < -0.3 is 5.32 Å². The fraction of sp³-hybridized carbons (Fsp3) is 0.217. The molecule has 0 aliphatic rings. The predicted molar refractivity (Wildman–Crippen MR) is 109 cm³/mol. The van der Waals surface area contributed by atoms with Crippen LogP contribution in [0.5, 0.6) is 0 Å². The van der Waals surface area contributed by atoms with Gasteiger partial charge in [0.2, 0.25) is 5.91 Å². The minimum Gasteiger partial charge on any atom is -0.322 e. The number of aromatic nitrogens is 1. The van der Waals surface area contributed by atoms with Crippen molar-refractivity contribution < 1.29 is 4.79 Å². The number of benzene rings is 2. The van der Waals surface area contributed by atoms with E-state index in [1.807, 2.05) is 38.1 Å². The molecule has 3 rings (SSSR count). The molecule has 0 aliphatic heterocycles. The van der Waals surface area contributed by atoms with Gasteiger partial charge in [-0.2, -0.15) is 0 Å². The van der Waals surface area contributed by atoms with Crippen LogP contribution in [0.15, 0.2) is 48.5 Å². The van der Waals surface area contributed by atoms with Crippen LogP contribution in [0, 0.1) is 20.8 Å². The van der Waals surface area contributed by atoms with Crippen LogP contribution < -0.4 is 5.32 Å². The molecule has 0 bridgehead atoms. The smallest absolute Gasteiger partial charge is 0.248 e. The molecule has 132 valence electrons. The molecule has 26 heavy (non-hydrogen) atoms. The molecule has 0 fully saturated rings. The number of hydrogen-bond acceptors (Lipinski definition) is 2. The highest BCUT2D eigenvalue weighted by Gasteiger charge is 2.09. The lowest BCUT2D eigenvalue weighted by Gasteiger charge is -2.11. The molecular formula is C23H24N2O. The SMILES string of the molecule is CCc1ccc(/C=C/C(=O)Nc2cc(C)nc3c(C)cc(C)cc23)cc1. The molecule has 0 saturated heterocycles. The van der Waals surface area contributed by atoms with Crippen molar-refractivity contribution in [3.63, 3.8) is 0 Å². The quantitative estimate of drug-likeness (QED) is 0.646. The number of carbonyl (C=O) groups excluding carboxylic acids is 1. The van der Waals surface area contributed by atoms with Crippen molar-refractivity contribution in [1.29, 1.82) is 0 Å². The summed E-state index contributed by atoms with van der Waals surface area (Å²) in [5, 5.41) is 3.98. The molecule has 1 aromatic heterocycles. The summed E-state index contributed by atoms with van der Waals surface area (Å²) >= 11 is 0. The molecule has 1 heterocycles. The summed E-state index contributed by atoms with van der Waals surface area (Å²) in [4.78, 5) is 17.0. The monoisotopic (exact) mass is 344 g/mol. The Morgan fingerprint density at radius 1 is 1.08 bits per heavy atom. The number of fused-ring (bicyclic) bond motifs is 1. The van der Waals surface area contributed by atoms with Gasteiger partial charge in [-0.3, -0.25) is 9.78 Å². The number of carbonyl (C=O) groups is 1. The fourth-order valence-electron chi connectivity index (χ4n) is 3.12. The predicted octanol–water partition coefficient (Wildman–Crippen LogP) is 5.37. The Hall–Kier alpha value is -2.94. The van der Waals surface area contributed by atoms with E-state index in [0.29, 0.717) is 0 Å². The first-order valence-electron chi connectivity index (χ1n) is 8.93. The van der Waals surface area contributed by atoms with E-state index in [0.717, 1.165) is 45.4 Å². The van der Waals surface area contributed by atoms with Gasteiger partial charge in [-0.25, -0.2) is 0 Å². The van der Waals surface area contributed by atoms with E-state index in [1.54, 1.807) is 6.08 Å². The molecule has 0 radical (unpaired) electrons. The Morgan fingerprint density at radius 2 is 1.81 bits per heavy atom. The number of rotatable bonds is 4. The zero-order valence-corrected chi connectivity index (χ0v) is 15.8. The molecular weight excluding hydrogens is 320 g/mol. The van der Waals surface area contributed by atoms with Crippen LogP contribution in [0.25, 0.3) is 17.0 Å². The summed E-state index contributed by atoms with van der Waals surface area (Å²) < 4.78 is 0. The molecule has 0 unspecified atom stereocenters. The van der Waals surface area contributed by atoms with E-state index >= 15 is 0 Å². The number of aryl methyl sites for hydroxylation is 4. The van der Waals surface area contributed by atoms with E-state index in [9.17, 15) is 4.79 Å². The summed E-state index contributed by atoms with van der Waals surface area (Å²) in [6.07, 6.45) is 4.42. The number of pyridine rings is 1. The highest BCUT2D eigenvalue weighted by Crippen LogP contribution is 2.27. The summed E-state index contributed by atoms with van der Waals surface area (Å²) in [7, 11) is 0. The number of anilines is 1. The topological polar surface area (TPSA) is 42.0 Å². The van der Waals surface area contributed by atoms with Gasteiger partial charge in [-0.1, -0.05) is 42.8 Å². The maximum Gasteiger partial charge on any atom is 0.248 e. The van der Waals surface area contributed by atoms with E-state index in [1.165, 1.54) is 5.56 Å². The minimum absolute atomic E-state index is 0.143. The van der Waals surface area contributed by atoms with Gasteiger partial charge in [0.25, 0.3) is 0 Å². The number of hydrogen-bond donors (Lipinski definition) is 1. The second-order valence-corrected chi connectivity index (χ2v) is 6.71. The van der Waals surface area contributed by atoms with Gasteiger partial charge in [0.1, 0.15) is 0 Å². The lowest BCUT2D eigenvalue weighted by molar-refractivity contribution is -0.111. The third kappa shape index (κ3) is 3.99. The van der Waals surface area contributed by atoms with Crippen LogP contribution in [-0.2, 0) is 11.2 Å². The summed E-state index contributed by atoms with van der Waals surface area (Å²) in [5.74, 6) is -0.143. The lowest BCUT2D eigenvalue weighted by atomic mass is 10.0. The molecule has 0 saturated carbocycles. The van der Waals surface area contributed by atoms with Crippen molar-refractivity contribution in [3.05, 3.63) is 76.5 Å². The van der Waals surface area contributed by atoms with Gasteiger partial charge in [0.05, 0.1) is 11.2 Å². The molecule has 2 aromatic carbocycles. The zero-order valence-electron chi connectivity index (χ0n) is 15.8. The average molecular weight is 344 g/mol. The highest BCUT2D eigenvalue weighted by molar-refractivity contribution is 6.07. The van der Waals surface area contributed by atoms with Crippen LogP contribution in [0.4, 0.5) is 5.69 Å². The Labute approximate surface area is 154 Å². The second-order valence-electron chi connectivity index (χ2n) is 6.71. The third-order valence-corrected chi connectivity index (χ3v) is 4.45. The second kappa shape index (κ2) is 7.52. The largest absolute Gasteiger partial charge is 0.322 e. The summed E-state index contributed by atoms with van der Waals surface area (Å²) in [6, 6.07) is 14.3. The third-order valence-electron chi connectivity index (χ3n) is 4.45. The van der Waals surface area contributed by atoms with Crippen molar-refractivity contribution in [3.8, 4) is 0 Å². The summed E-state index contributed by atoms with van der Waals surface area (Å²) in [5.41, 5.74) is 7.20. The molecule has 0 atom stereocenters. The number of nitrogens with zero attached hydrogens (tertiary/aromatic N) is 1. The van der Waals surface area contributed by atoms with E-state index in [4.69, 9.17) is 0 Å². The fourth-order valence-corrected chi connectivity index (χ4v) is 3.12. The lowest BCUT2D eigenvalue weighted by Crippen LogP contribution is -2.09. The van der Waals surface area contributed by atoms with Crippen LogP contribution in [0.2, 0.25) is 0 Å². The Kier molecular flexibility index (Phi) is 5.17. The normalized spacial score (nSPS) is 11.2. The van der Waals surface area contributed by atoms with Crippen LogP contribution >= 0.6 is 0 Å². The van der Waals surface area contributed by atoms with Gasteiger partial charge in [-0.15, -0.1) is 0 Å². The van der Waals surface area contributed by atoms with Crippen molar-refractivity contribution in [1.82, 2.24) is 4.98 Å². The van der Waals surface area contributed by atoms with Crippen LogP contribution in [0.1, 0.15) is 34.9 Å². The molecule has 3 heteroatoms. The highest BCUT2D eigenvalue weighted by atomic mass is 16.1. The van der Waals surface area contributed by atoms with E-state index < -0.39 is 0 Å². The Balaban J connectivity index is 1.85. The molecule has 3 aromatic rings. The van der Waals surface area contributed by atoms with E-state index in [2.05, 4.69) is 48.4 Å². The molecule has 3 nitrogen and oxygen atoms in total. The zero-order chi connectivity index (χ0) is 18.7. The minimum atomic E-state index is -0.143. The number of amides is 1. The summed E-state index contributed by atoms with van der Waals surface area (Å²) in [6.45, 7) is 8.17. The average Bonchev–Trinajstić information content (AvgIpc) is 2.61. The number of nitrogens with one attached hydrogen (secondary N) is 1. The molecule has 1 N–H and O–H groups in total. The first-order valence-corrected chi connectivity index (χ1v) is 8.93. The van der Waals surface area contributed by atoms with Crippen molar-refractivity contribution in [2.24, 2.45) is 0 Å². The Bertz CT molecular complexity index is 985. The van der Waals surface area contributed by atoms with Gasteiger partial charge >= 0.3 is 0 Å². The first kappa shape index (κ1) is 17.9. The Morgan fingerprint density at radius 3 is 2.50 bits per heavy atom. The van der Waals surface area contributed by atoms with Crippen molar-refractivity contribution in [2.75, 3.05) is 5.32 Å². The molecule has 1 amide bonds. The van der Waals surface area contributed by atoms with Crippen LogP contribution in [0.3, 0.4) is 0 Å². The van der Waals surface area contributed by atoms with Crippen LogP contribution in [-0.4, -0.2) is 10.9 Å².